The second-order valence-corrected chi connectivity index (χ2v) is 27.1. The molecule has 0 aromatic carbocycles. The van der Waals surface area contributed by atoms with Crippen molar-refractivity contribution in [1.82, 2.24) is 5.32 Å². The molecular weight excluding hydrogens is 1240 g/mol. The summed E-state index contributed by atoms with van der Waals surface area (Å²) in [6.07, 6.45) is 50.1. The van der Waals surface area contributed by atoms with Crippen LogP contribution in [-0.2, 0) is 33.2 Å². The molecule has 3 heterocycles. The third kappa shape index (κ3) is 39.3. The van der Waals surface area contributed by atoms with Crippen LogP contribution >= 0.6 is 0 Å². The fourth-order valence-corrected chi connectivity index (χ4v) is 12.5. The van der Waals surface area contributed by atoms with Crippen molar-refractivity contribution in [2.24, 2.45) is 0 Å². The standard InChI is InChI=1S/C78H137NO18/c1-3-5-7-9-11-13-15-17-19-21-23-24-25-26-27-28-29-30-31-32-33-34-35-36-38-39-41-43-45-47-49-51-53-55-62(83)61(79-66(84)56-54-52-50-48-46-44-42-40-37-22-20-18-16-14-12-10-8-6-4-2)60-92-76-72(90)69(87)74(64(58-81)94-76)97-78-73(91)70(88)75(65(59-82)95-78)96-77-71(89)68(86)67(85)63(57-80)93-77/h6,8,12,14,18,20,37-40,45,47,53,55,61-65,67-78,80-83,85-91H,3-5,7,9-11,13,15-17,19,21-36,41-44,46,48-52,54,56-60H2,1-2H3,(H,79,84)/b8-6-,14-12-,20-18-,39-38+,40-37-,47-45+,55-53+. The van der Waals surface area contributed by atoms with E-state index in [9.17, 15) is 61.0 Å². The summed E-state index contributed by atoms with van der Waals surface area (Å²) in [5.74, 6) is -0.305. The van der Waals surface area contributed by atoms with Crippen LogP contribution in [0.5, 0.6) is 0 Å². The summed E-state index contributed by atoms with van der Waals surface area (Å²) in [5.41, 5.74) is 0. The van der Waals surface area contributed by atoms with Gasteiger partial charge in [-0.3, -0.25) is 4.79 Å². The maximum Gasteiger partial charge on any atom is 0.220 e. The van der Waals surface area contributed by atoms with Crippen molar-refractivity contribution in [3.05, 3.63) is 85.1 Å². The molecule has 0 radical (unpaired) electrons. The molecule has 0 bridgehead atoms. The number of amides is 1. The van der Waals surface area contributed by atoms with Crippen LogP contribution in [-0.4, -0.2) is 193 Å². The molecule has 97 heavy (non-hydrogen) atoms. The van der Waals surface area contributed by atoms with Gasteiger partial charge in [-0.1, -0.05) is 266 Å². The Hall–Kier alpha value is -3.03. The van der Waals surface area contributed by atoms with Crippen molar-refractivity contribution in [1.29, 1.82) is 0 Å². The average Bonchev–Trinajstić information content (AvgIpc) is 0.795. The molecule has 12 N–H and O–H groups in total. The molecule has 0 spiro atoms. The summed E-state index contributed by atoms with van der Waals surface area (Å²) in [4.78, 5) is 13.4. The second-order valence-electron chi connectivity index (χ2n) is 27.1. The maximum absolute atomic E-state index is 13.4. The summed E-state index contributed by atoms with van der Waals surface area (Å²) < 4.78 is 34.4. The van der Waals surface area contributed by atoms with Gasteiger partial charge in [0, 0.05) is 6.42 Å². The Balaban J connectivity index is 1.40. The van der Waals surface area contributed by atoms with Crippen molar-refractivity contribution in [3.8, 4) is 0 Å². The molecule has 3 aliphatic rings. The Morgan fingerprint density at radius 3 is 1.15 bits per heavy atom. The first-order valence-corrected chi connectivity index (χ1v) is 38.3. The molecule has 3 fully saturated rings. The van der Waals surface area contributed by atoms with Gasteiger partial charge < -0.3 is 89.9 Å². The molecule has 3 saturated heterocycles. The first kappa shape index (κ1) is 88.2. The number of carbonyl (C=O) groups excluding carboxylic acids is 1. The minimum absolute atomic E-state index is 0.211. The molecule has 0 saturated carbocycles. The monoisotopic (exact) mass is 1380 g/mol. The SMILES string of the molecule is CC/C=C\C/C=C\C/C=C\C/C=C\CCCCCCCCC(=O)NC(COC1OC(CO)C(OC2OC(CO)C(OC3OC(CO)C(O)C(O)C3O)C(O)C2O)C(O)C1O)C(O)/C=C/CC/C=C/CC/C=C/CCCCCCCCCCCCCCCCCCCCCCCCC. The Morgan fingerprint density at radius 2 is 0.722 bits per heavy atom. The summed E-state index contributed by atoms with van der Waals surface area (Å²) in [6.45, 7) is 1.60. The maximum atomic E-state index is 13.4. The molecule has 17 unspecified atom stereocenters. The highest BCUT2D eigenvalue weighted by Gasteiger charge is 2.53. The van der Waals surface area contributed by atoms with E-state index in [2.05, 4.69) is 92.1 Å². The minimum Gasteiger partial charge on any atom is -0.394 e. The lowest BCUT2D eigenvalue weighted by atomic mass is 9.96. The third-order valence-corrected chi connectivity index (χ3v) is 18.7. The first-order chi connectivity index (χ1) is 47.3. The number of unbranched alkanes of at least 4 members (excludes halogenated alkanes) is 31. The quantitative estimate of drug-likeness (QED) is 0.0199. The highest BCUT2D eigenvalue weighted by atomic mass is 16.8. The molecule has 3 aliphatic heterocycles. The summed E-state index contributed by atoms with van der Waals surface area (Å²) >= 11 is 0. The van der Waals surface area contributed by atoms with Gasteiger partial charge in [-0.05, 0) is 83.5 Å². The van der Waals surface area contributed by atoms with Crippen LogP contribution in [0, 0.1) is 0 Å². The van der Waals surface area contributed by atoms with Gasteiger partial charge >= 0.3 is 0 Å². The molecular formula is C78H137NO18. The first-order valence-electron chi connectivity index (χ1n) is 38.3. The van der Waals surface area contributed by atoms with Crippen LogP contribution in [0.25, 0.3) is 0 Å². The van der Waals surface area contributed by atoms with E-state index in [1.807, 2.05) is 6.08 Å². The van der Waals surface area contributed by atoms with Crippen molar-refractivity contribution in [2.45, 2.75) is 375 Å². The average molecular weight is 1380 g/mol. The lowest BCUT2D eigenvalue weighted by Crippen LogP contribution is -2.66. The largest absolute Gasteiger partial charge is 0.394 e. The Labute approximate surface area is 584 Å². The Morgan fingerprint density at radius 1 is 0.381 bits per heavy atom. The highest BCUT2D eigenvalue weighted by Crippen LogP contribution is 2.33. The summed E-state index contributed by atoms with van der Waals surface area (Å²) in [5, 5.41) is 121. The lowest BCUT2D eigenvalue weighted by Gasteiger charge is -2.48. The number of hydrogen-bond donors (Lipinski definition) is 12. The van der Waals surface area contributed by atoms with Crippen LogP contribution in [0.2, 0.25) is 0 Å². The van der Waals surface area contributed by atoms with Gasteiger partial charge in [0.15, 0.2) is 18.9 Å². The highest BCUT2D eigenvalue weighted by molar-refractivity contribution is 5.76. The van der Waals surface area contributed by atoms with Crippen LogP contribution in [0.15, 0.2) is 85.1 Å². The van der Waals surface area contributed by atoms with Crippen LogP contribution in [0.1, 0.15) is 271 Å². The fraction of sp³-hybridized carbons (Fsp3) is 0.808. The zero-order chi connectivity index (χ0) is 70.4. The van der Waals surface area contributed by atoms with E-state index < -0.39 is 124 Å². The topological polar surface area (TPSA) is 307 Å². The Bertz CT molecular complexity index is 2080. The van der Waals surface area contributed by atoms with Crippen molar-refractivity contribution in [2.75, 3.05) is 26.4 Å². The number of nitrogens with one attached hydrogen (secondary N) is 1. The predicted molar refractivity (Wildman–Crippen MR) is 383 cm³/mol. The third-order valence-electron chi connectivity index (χ3n) is 18.7. The van der Waals surface area contributed by atoms with Gasteiger partial charge in [0.05, 0.1) is 38.6 Å². The van der Waals surface area contributed by atoms with Crippen molar-refractivity contribution in [3.63, 3.8) is 0 Å². The number of allylic oxidation sites excluding steroid dienone is 13. The second kappa shape index (κ2) is 58.5. The van der Waals surface area contributed by atoms with Crippen LogP contribution in [0.4, 0.5) is 0 Å². The van der Waals surface area contributed by atoms with Gasteiger partial charge in [0.25, 0.3) is 0 Å². The number of rotatable bonds is 59. The van der Waals surface area contributed by atoms with E-state index in [1.54, 1.807) is 6.08 Å². The summed E-state index contributed by atoms with van der Waals surface area (Å²) in [6, 6.07) is -1.01. The lowest BCUT2D eigenvalue weighted by molar-refractivity contribution is -0.379. The molecule has 19 heteroatoms. The van der Waals surface area contributed by atoms with Crippen molar-refractivity contribution < 1.29 is 89.4 Å². The molecule has 562 valence electrons. The van der Waals surface area contributed by atoms with Gasteiger partial charge in [-0.2, -0.15) is 0 Å². The van der Waals surface area contributed by atoms with Crippen molar-refractivity contribution >= 4 is 5.91 Å². The molecule has 17 atom stereocenters. The summed E-state index contributed by atoms with van der Waals surface area (Å²) in [7, 11) is 0. The van der Waals surface area contributed by atoms with E-state index in [-0.39, 0.29) is 18.9 Å². The molecule has 0 aliphatic carbocycles. The molecule has 0 aromatic heterocycles. The normalized spacial score (nSPS) is 27.4. The van der Waals surface area contributed by atoms with Crippen LogP contribution in [0.3, 0.4) is 0 Å². The number of ether oxygens (including phenoxy) is 6. The number of carbonyl (C=O) groups is 1. The van der Waals surface area contributed by atoms with Gasteiger partial charge in [-0.15, -0.1) is 0 Å². The smallest absolute Gasteiger partial charge is 0.220 e. The van der Waals surface area contributed by atoms with Gasteiger partial charge in [-0.25, -0.2) is 0 Å². The van der Waals surface area contributed by atoms with Crippen LogP contribution < -0.4 is 5.32 Å². The minimum atomic E-state index is -1.99. The zero-order valence-electron chi connectivity index (χ0n) is 59.8. The van der Waals surface area contributed by atoms with E-state index in [0.717, 1.165) is 89.9 Å². The molecule has 3 rings (SSSR count). The Kier molecular flexibility index (Phi) is 53.2. The van der Waals surface area contributed by atoms with E-state index in [1.165, 1.54) is 148 Å². The van der Waals surface area contributed by atoms with E-state index in [4.69, 9.17) is 28.4 Å². The van der Waals surface area contributed by atoms with E-state index >= 15 is 0 Å². The molecule has 1 amide bonds. The van der Waals surface area contributed by atoms with Gasteiger partial charge in [0.2, 0.25) is 5.91 Å². The number of aliphatic hydroxyl groups is 11. The zero-order valence-corrected chi connectivity index (χ0v) is 59.8. The predicted octanol–water partition coefficient (Wildman–Crippen LogP) is 11.8. The molecule has 0 aromatic rings. The van der Waals surface area contributed by atoms with E-state index in [0.29, 0.717) is 12.8 Å². The number of aliphatic hydroxyl groups excluding tert-OH is 11. The molecule has 19 nitrogen and oxygen atoms in total. The fourth-order valence-electron chi connectivity index (χ4n) is 12.5. The van der Waals surface area contributed by atoms with Gasteiger partial charge in [0.1, 0.15) is 73.2 Å². The number of hydrogen-bond acceptors (Lipinski definition) is 18.